The molecule has 7 nitrogen and oxygen atoms in total. The Morgan fingerprint density at radius 2 is 1.79 bits per heavy atom. The van der Waals surface area contributed by atoms with Gasteiger partial charge in [0.2, 0.25) is 5.91 Å². The predicted octanol–water partition coefficient (Wildman–Crippen LogP) is 2.68. The third-order valence-electron chi connectivity index (χ3n) is 4.34. The molecule has 0 unspecified atom stereocenters. The number of amides is 1. The molecule has 7 heteroatoms. The quantitative estimate of drug-likeness (QED) is 0.580. The number of carbonyl (C=O) groups is 1. The van der Waals surface area contributed by atoms with Crippen LogP contribution in [0.15, 0.2) is 70.0 Å². The van der Waals surface area contributed by atoms with Gasteiger partial charge in [-0.25, -0.2) is 4.68 Å². The average molecular weight is 374 g/mol. The van der Waals surface area contributed by atoms with Crippen molar-refractivity contribution in [3.8, 4) is 11.3 Å². The Labute approximate surface area is 160 Å². The van der Waals surface area contributed by atoms with Gasteiger partial charge in [-0.3, -0.25) is 9.59 Å². The van der Waals surface area contributed by atoms with Crippen LogP contribution in [0.5, 0.6) is 0 Å². The summed E-state index contributed by atoms with van der Waals surface area (Å²) in [5, 5.41) is 12.3. The number of benzene rings is 2. The van der Waals surface area contributed by atoms with Crippen molar-refractivity contribution >= 4 is 16.7 Å². The van der Waals surface area contributed by atoms with Crippen LogP contribution in [-0.2, 0) is 17.9 Å². The van der Waals surface area contributed by atoms with Crippen molar-refractivity contribution < 1.29 is 9.32 Å². The highest BCUT2D eigenvalue weighted by molar-refractivity contribution is 5.93. The summed E-state index contributed by atoms with van der Waals surface area (Å²) in [4.78, 5) is 25.2. The van der Waals surface area contributed by atoms with E-state index in [9.17, 15) is 9.59 Å². The van der Waals surface area contributed by atoms with Crippen molar-refractivity contribution in [3.63, 3.8) is 0 Å². The fraction of sp³-hybridized carbons (Fsp3) is 0.143. The summed E-state index contributed by atoms with van der Waals surface area (Å²) in [6.07, 6.45) is 0. The Kier molecular flexibility index (Phi) is 4.72. The molecule has 0 fully saturated rings. The maximum atomic E-state index is 12.8. The lowest BCUT2D eigenvalue weighted by atomic mass is 10.1. The molecular formula is C21H18N4O3. The lowest BCUT2D eigenvalue weighted by Gasteiger charge is -2.11. The molecule has 2 aromatic carbocycles. The second-order valence-electron chi connectivity index (χ2n) is 6.43. The molecule has 140 valence electrons. The van der Waals surface area contributed by atoms with E-state index in [4.69, 9.17) is 4.52 Å². The van der Waals surface area contributed by atoms with Crippen LogP contribution in [0.3, 0.4) is 0 Å². The van der Waals surface area contributed by atoms with Crippen LogP contribution < -0.4 is 10.9 Å². The Hall–Kier alpha value is -3.74. The van der Waals surface area contributed by atoms with Crippen LogP contribution in [0.1, 0.15) is 11.5 Å². The summed E-state index contributed by atoms with van der Waals surface area (Å²) < 4.78 is 6.27. The molecule has 0 aliphatic heterocycles. The maximum absolute atomic E-state index is 12.8. The molecule has 1 amide bonds. The predicted molar refractivity (Wildman–Crippen MR) is 105 cm³/mol. The molecule has 0 spiro atoms. The number of nitrogens with one attached hydrogen (secondary N) is 1. The minimum Gasteiger partial charge on any atom is -0.359 e. The second-order valence-corrected chi connectivity index (χ2v) is 6.43. The van der Waals surface area contributed by atoms with Gasteiger partial charge < -0.3 is 9.84 Å². The second kappa shape index (κ2) is 7.48. The van der Waals surface area contributed by atoms with Gasteiger partial charge in [-0.2, -0.15) is 5.10 Å². The number of carbonyl (C=O) groups excluding carboxylic acids is 1. The number of hydrogen-bond donors (Lipinski definition) is 1. The first kappa shape index (κ1) is 17.7. The monoisotopic (exact) mass is 374 g/mol. The Morgan fingerprint density at radius 3 is 2.50 bits per heavy atom. The molecule has 0 aliphatic rings. The largest absolute Gasteiger partial charge is 0.359 e. The summed E-state index contributed by atoms with van der Waals surface area (Å²) in [6, 6.07) is 18.6. The fourth-order valence-corrected chi connectivity index (χ4v) is 3.03. The van der Waals surface area contributed by atoms with E-state index >= 15 is 0 Å². The van der Waals surface area contributed by atoms with Crippen LogP contribution in [-0.4, -0.2) is 20.8 Å². The highest BCUT2D eigenvalue weighted by Crippen LogP contribution is 2.24. The summed E-state index contributed by atoms with van der Waals surface area (Å²) >= 11 is 0. The van der Waals surface area contributed by atoms with E-state index in [0.29, 0.717) is 16.8 Å². The van der Waals surface area contributed by atoms with Crippen molar-refractivity contribution in [2.75, 3.05) is 0 Å². The highest BCUT2D eigenvalue weighted by atomic mass is 16.5. The Balaban J connectivity index is 1.66. The van der Waals surface area contributed by atoms with Gasteiger partial charge in [0.1, 0.15) is 6.54 Å². The standard InChI is InChI=1S/C21H18N4O3/c1-14-11-16(28-24-14)12-22-19(26)13-25-21(27)18-10-6-5-9-17(18)20(23-25)15-7-3-2-4-8-15/h2-11H,12-13H2,1H3,(H,22,26). The van der Waals surface area contributed by atoms with Gasteiger partial charge in [-0.15, -0.1) is 0 Å². The average Bonchev–Trinajstić information content (AvgIpc) is 3.14. The van der Waals surface area contributed by atoms with E-state index in [2.05, 4.69) is 15.6 Å². The molecule has 2 aromatic heterocycles. The number of rotatable bonds is 5. The van der Waals surface area contributed by atoms with E-state index in [1.807, 2.05) is 42.5 Å². The van der Waals surface area contributed by atoms with E-state index in [0.717, 1.165) is 16.6 Å². The van der Waals surface area contributed by atoms with Gasteiger partial charge in [0.05, 0.1) is 23.3 Å². The Morgan fingerprint density at radius 1 is 1.07 bits per heavy atom. The van der Waals surface area contributed by atoms with Crippen molar-refractivity contribution in [2.45, 2.75) is 20.0 Å². The molecule has 4 aromatic rings. The van der Waals surface area contributed by atoms with Crippen LogP contribution in [0.4, 0.5) is 0 Å². The van der Waals surface area contributed by atoms with Gasteiger partial charge in [0.25, 0.3) is 5.56 Å². The fourth-order valence-electron chi connectivity index (χ4n) is 3.03. The van der Waals surface area contributed by atoms with Gasteiger partial charge in [0.15, 0.2) is 5.76 Å². The topological polar surface area (TPSA) is 90.0 Å². The van der Waals surface area contributed by atoms with Gasteiger partial charge in [0, 0.05) is 17.0 Å². The van der Waals surface area contributed by atoms with Crippen molar-refractivity contribution in [1.29, 1.82) is 0 Å². The molecule has 4 rings (SSSR count). The molecule has 0 radical (unpaired) electrons. The summed E-state index contributed by atoms with van der Waals surface area (Å²) in [6.45, 7) is 1.82. The van der Waals surface area contributed by atoms with Crippen LogP contribution >= 0.6 is 0 Å². The smallest absolute Gasteiger partial charge is 0.275 e. The molecule has 0 bridgehead atoms. The minimum absolute atomic E-state index is 0.184. The third kappa shape index (κ3) is 3.55. The summed E-state index contributed by atoms with van der Waals surface area (Å²) in [5.74, 6) is 0.215. The zero-order chi connectivity index (χ0) is 19.5. The zero-order valence-electron chi connectivity index (χ0n) is 15.3. The van der Waals surface area contributed by atoms with Crippen LogP contribution in [0, 0.1) is 6.92 Å². The molecule has 1 N–H and O–H groups in total. The number of hydrogen-bond acceptors (Lipinski definition) is 5. The van der Waals surface area contributed by atoms with Gasteiger partial charge in [-0.05, 0) is 13.0 Å². The van der Waals surface area contributed by atoms with Gasteiger partial charge >= 0.3 is 0 Å². The minimum atomic E-state index is -0.335. The third-order valence-corrected chi connectivity index (χ3v) is 4.34. The van der Waals surface area contributed by atoms with Crippen LogP contribution in [0.25, 0.3) is 22.0 Å². The molecule has 2 heterocycles. The molecule has 28 heavy (non-hydrogen) atoms. The van der Waals surface area contributed by atoms with E-state index in [-0.39, 0.29) is 24.6 Å². The molecular weight excluding hydrogens is 356 g/mol. The normalized spacial score (nSPS) is 10.9. The van der Waals surface area contributed by atoms with E-state index in [1.54, 1.807) is 25.1 Å². The van der Waals surface area contributed by atoms with Gasteiger partial charge in [-0.1, -0.05) is 53.7 Å². The lowest BCUT2D eigenvalue weighted by molar-refractivity contribution is -0.122. The SMILES string of the molecule is Cc1cc(CNC(=O)Cn2nc(-c3ccccc3)c3ccccc3c2=O)on1. The molecule has 0 atom stereocenters. The molecule has 0 saturated heterocycles. The van der Waals surface area contributed by atoms with E-state index in [1.165, 1.54) is 4.68 Å². The lowest BCUT2D eigenvalue weighted by Crippen LogP contribution is -2.33. The summed E-state index contributed by atoms with van der Waals surface area (Å²) in [5.41, 5.74) is 1.98. The van der Waals surface area contributed by atoms with Crippen molar-refractivity contribution in [1.82, 2.24) is 20.3 Å². The first-order chi connectivity index (χ1) is 13.6. The summed E-state index contributed by atoms with van der Waals surface area (Å²) in [7, 11) is 0. The van der Waals surface area contributed by atoms with Crippen molar-refractivity contribution in [3.05, 3.63) is 82.5 Å². The number of aromatic nitrogens is 3. The first-order valence-corrected chi connectivity index (χ1v) is 8.86. The van der Waals surface area contributed by atoms with E-state index < -0.39 is 0 Å². The van der Waals surface area contributed by atoms with Crippen molar-refractivity contribution in [2.24, 2.45) is 0 Å². The zero-order valence-corrected chi connectivity index (χ0v) is 15.3. The molecule has 0 saturated carbocycles. The van der Waals surface area contributed by atoms with Crippen LogP contribution in [0.2, 0.25) is 0 Å². The Bertz CT molecular complexity index is 1200. The highest BCUT2D eigenvalue weighted by Gasteiger charge is 2.14. The first-order valence-electron chi connectivity index (χ1n) is 8.86. The number of fused-ring (bicyclic) bond motifs is 1. The number of nitrogens with zero attached hydrogens (tertiary/aromatic N) is 3. The maximum Gasteiger partial charge on any atom is 0.275 e. The molecule has 0 aliphatic carbocycles. The number of aryl methyl sites for hydroxylation is 1.